The SMILES string of the molecule is O=[N+]([O-])c1cc2c(NCCN3CCCC3)ncnc2cc1N1CCNCC1. The second kappa shape index (κ2) is 8.01. The van der Waals surface area contributed by atoms with Gasteiger partial charge < -0.3 is 20.4 Å². The largest absolute Gasteiger partial charge is 0.368 e. The molecule has 2 aromatic rings. The number of hydrogen-bond acceptors (Lipinski definition) is 8. The van der Waals surface area contributed by atoms with Crippen LogP contribution >= 0.6 is 0 Å². The number of nitro groups is 1. The van der Waals surface area contributed by atoms with Crippen LogP contribution in [-0.2, 0) is 0 Å². The molecule has 9 nitrogen and oxygen atoms in total. The summed E-state index contributed by atoms with van der Waals surface area (Å²) in [7, 11) is 0. The molecule has 2 fully saturated rings. The third-order valence-corrected chi connectivity index (χ3v) is 5.31. The first-order chi connectivity index (χ1) is 13.2. The average Bonchev–Trinajstić information content (AvgIpc) is 3.21. The highest BCUT2D eigenvalue weighted by Gasteiger charge is 2.23. The van der Waals surface area contributed by atoms with E-state index in [9.17, 15) is 10.1 Å². The third-order valence-electron chi connectivity index (χ3n) is 5.31. The van der Waals surface area contributed by atoms with Crippen molar-refractivity contribution in [2.24, 2.45) is 0 Å². The molecule has 1 aromatic heterocycles. The van der Waals surface area contributed by atoms with Gasteiger partial charge in [0.25, 0.3) is 5.69 Å². The fraction of sp³-hybridized carbons (Fsp3) is 0.556. The Hall–Kier alpha value is -2.52. The first kappa shape index (κ1) is 17.9. The van der Waals surface area contributed by atoms with Gasteiger partial charge in [0.15, 0.2) is 0 Å². The number of nitro benzene ring substituents is 1. The zero-order chi connectivity index (χ0) is 18.6. The molecular weight excluding hydrogens is 346 g/mol. The van der Waals surface area contributed by atoms with Crippen molar-refractivity contribution in [1.29, 1.82) is 0 Å². The molecule has 0 atom stereocenters. The van der Waals surface area contributed by atoms with Crippen LogP contribution in [0.1, 0.15) is 12.8 Å². The summed E-state index contributed by atoms with van der Waals surface area (Å²) in [5.41, 5.74) is 1.48. The number of benzene rings is 1. The first-order valence-corrected chi connectivity index (χ1v) is 9.57. The van der Waals surface area contributed by atoms with Gasteiger partial charge in [0.2, 0.25) is 0 Å². The molecule has 27 heavy (non-hydrogen) atoms. The predicted molar refractivity (Wildman–Crippen MR) is 105 cm³/mol. The van der Waals surface area contributed by atoms with Crippen molar-refractivity contribution in [3.63, 3.8) is 0 Å². The van der Waals surface area contributed by atoms with Gasteiger partial charge in [-0.1, -0.05) is 0 Å². The minimum Gasteiger partial charge on any atom is -0.368 e. The molecule has 4 rings (SSSR count). The monoisotopic (exact) mass is 371 g/mol. The number of nitrogens with one attached hydrogen (secondary N) is 2. The number of aromatic nitrogens is 2. The Kier molecular flexibility index (Phi) is 5.30. The molecule has 9 heteroatoms. The Morgan fingerprint density at radius 2 is 1.93 bits per heavy atom. The smallest absolute Gasteiger partial charge is 0.293 e. The maximum absolute atomic E-state index is 11.7. The number of likely N-dealkylation sites (tertiary alicyclic amines) is 1. The van der Waals surface area contributed by atoms with E-state index >= 15 is 0 Å². The lowest BCUT2D eigenvalue weighted by Crippen LogP contribution is -2.43. The Morgan fingerprint density at radius 1 is 1.15 bits per heavy atom. The summed E-state index contributed by atoms with van der Waals surface area (Å²) in [5.74, 6) is 0.661. The van der Waals surface area contributed by atoms with Crippen LogP contribution in [0.25, 0.3) is 10.9 Å². The number of nitrogens with zero attached hydrogens (tertiary/aromatic N) is 5. The molecule has 2 aliphatic heterocycles. The minimum absolute atomic E-state index is 0.113. The van der Waals surface area contributed by atoms with Gasteiger partial charge in [-0.05, 0) is 32.0 Å². The Labute approximate surface area is 157 Å². The molecular formula is C18H25N7O2. The summed E-state index contributed by atoms with van der Waals surface area (Å²) < 4.78 is 0. The molecule has 2 aliphatic rings. The standard InChI is InChI=1S/C18H25N7O2/c26-25(27)17-11-14-15(12-16(17)24-9-3-19-4-10-24)21-13-22-18(14)20-5-8-23-6-1-2-7-23/h11-13,19H,1-10H2,(H,20,21,22). The predicted octanol–water partition coefficient (Wildman–Crippen LogP) is 1.46. The minimum atomic E-state index is -0.308. The van der Waals surface area contributed by atoms with E-state index in [0.29, 0.717) is 16.9 Å². The van der Waals surface area contributed by atoms with E-state index in [-0.39, 0.29) is 10.6 Å². The first-order valence-electron chi connectivity index (χ1n) is 9.57. The second-order valence-electron chi connectivity index (χ2n) is 7.05. The van der Waals surface area contributed by atoms with Crippen molar-refractivity contribution in [3.05, 3.63) is 28.6 Å². The zero-order valence-corrected chi connectivity index (χ0v) is 15.4. The van der Waals surface area contributed by atoms with E-state index in [4.69, 9.17) is 0 Å². The Balaban J connectivity index is 1.61. The zero-order valence-electron chi connectivity index (χ0n) is 15.4. The summed E-state index contributed by atoms with van der Waals surface area (Å²) >= 11 is 0. The van der Waals surface area contributed by atoms with E-state index in [0.717, 1.165) is 57.9 Å². The molecule has 0 bridgehead atoms. The quantitative estimate of drug-likeness (QED) is 0.581. The molecule has 1 aromatic carbocycles. The highest BCUT2D eigenvalue weighted by Crippen LogP contribution is 2.34. The van der Waals surface area contributed by atoms with Gasteiger partial charge in [-0.2, -0.15) is 0 Å². The van der Waals surface area contributed by atoms with Crippen molar-refractivity contribution in [2.75, 3.05) is 62.6 Å². The van der Waals surface area contributed by atoms with E-state index in [1.807, 2.05) is 6.07 Å². The number of rotatable bonds is 6. The van der Waals surface area contributed by atoms with Crippen molar-refractivity contribution in [3.8, 4) is 0 Å². The number of hydrogen-bond donors (Lipinski definition) is 2. The van der Waals surface area contributed by atoms with E-state index < -0.39 is 0 Å². The molecule has 2 saturated heterocycles. The number of anilines is 2. The second-order valence-corrected chi connectivity index (χ2v) is 7.05. The summed E-state index contributed by atoms with van der Waals surface area (Å²) in [6, 6.07) is 3.44. The van der Waals surface area contributed by atoms with Gasteiger partial charge in [0, 0.05) is 50.7 Å². The third kappa shape index (κ3) is 3.93. The number of piperazine rings is 1. The van der Waals surface area contributed by atoms with E-state index in [2.05, 4.69) is 30.4 Å². The molecule has 0 aliphatic carbocycles. The van der Waals surface area contributed by atoms with Gasteiger partial charge in [-0.3, -0.25) is 10.1 Å². The highest BCUT2D eigenvalue weighted by molar-refractivity contribution is 5.94. The van der Waals surface area contributed by atoms with Crippen LogP contribution in [0, 0.1) is 10.1 Å². The van der Waals surface area contributed by atoms with Gasteiger partial charge >= 0.3 is 0 Å². The van der Waals surface area contributed by atoms with Crippen LogP contribution in [0.2, 0.25) is 0 Å². The molecule has 0 saturated carbocycles. The molecule has 0 radical (unpaired) electrons. The molecule has 2 N–H and O–H groups in total. The summed E-state index contributed by atoms with van der Waals surface area (Å²) in [4.78, 5) is 24.5. The summed E-state index contributed by atoms with van der Waals surface area (Å²) in [5, 5.41) is 19.0. The van der Waals surface area contributed by atoms with Gasteiger partial charge in [-0.25, -0.2) is 9.97 Å². The maximum Gasteiger partial charge on any atom is 0.293 e. The summed E-state index contributed by atoms with van der Waals surface area (Å²) in [6.45, 7) is 7.14. The maximum atomic E-state index is 11.7. The molecule has 144 valence electrons. The Morgan fingerprint density at radius 3 is 2.67 bits per heavy atom. The van der Waals surface area contributed by atoms with Crippen molar-refractivity contribution in [1.82, 2.24) is 20.2 Å². The van der Waals surface area contributed by atoms with Gasteiger partial charge in [-0.15, -0.1) is 0 Å². The van der Waals surface area contributed by atoms with Crippen LogP contribution in [0.15, 0.2) is 18.5 Å². The molecule has 0 amide bonds. The van der Waals surface area contributed by atoms with Crippen molar-refractivity contribution >= 4 is 28.1 Å². The Bertz CT molecular complexity index is 817. The lowest BCUT2D eigenvalue weighted by molar-refractivity contribution is -0.384. The van der Waals surface area contributed by atoms with Crippen LogP contribution in [0.5, 0.6) is 0 Å². The van der Waals surface area contributed by atoms with Crippen LogP contribution in [0.4, 0.5) is 17.2 Å². The van der Waals surface area contributed by atoms with Gasteiger partial charge in [0.05, 0.1) is 10.4 Å². The highest BCUT2D eigenvalue weighted by atomic mass is 16.6. The van der Waals surface area contributed by atoms with Crippen molar-refractivity contribution < 1.29 is 4.92 Å². The normalized spacial score (nSPS) is 18.1. The fourth-order valence-corrected chi connectivity index (χ4v) is 3.87. The van der Waals surface area contributed by atoms with E-state index in [1.165, 1.54) is 19.2 Å². The lowest BCUT2D eigenvalue weighted by Gasteiger charge is -2.29. The van der Waals surface area contributed by atoms with Crippen LogP contribution in [0.3, 0.4) is 0 Å². The molecule has 3 heterocycles. The van der Waals surface area contributed by atoms with Crippen LogP contribution in [-0.4, -0.2) is 72.1 Å². The van der Waals surface area contributed by atoms with Crippen molar-refractivity contribution in [2.45, 2.75) is 12.8 Å². The molecule has 0 unspecified atom stereocenters. The average molecular weight is 371 g/mol. The number of fused-ring (bicyclic) bond motifs is 1. The topological polar surface area (TPSA) is 99.5 Å². The van der Waals surface area contributed by atoms with E-state index in [1.54, 1.807) is 6.07 Å². The lowest BCUT2D eigenvalue weighted by atomic mass is 10.1. The fourth-order valence-electron chi connectivity index (χ4n) is 3.87. The van der Waals surface area contributed by atoms with Crippen LogP contribution < -0.4 is 15.5 Å². The molecule has 0 spiro atoms. The van der Waals surface area contributed by atoms with Gasteiger partial charge in [0.1, 0.15) is 17.8 Å². The summed E-state index contributed by atoms with van der Waals surface area (Å²) in [6.07, 6.45) is 4.04.